The molecule has 0 bridgehead atoms. The first-order valence-corrected chi connectivity index (χ1v) is 6.12. The number of carboxylic acids is 1. The fourth-order valence-corrected chi connectivity index (χ4v) is 3.03. The lowest BCUT2D eigenvalue weighted by Gasteiger charge is -2.31. The van der Waals surface area contributed by atoms with Gasteiger partial charge in [-0.2, -0.15) is 0 Å². The number of anilines is 1. The van der Waals surface area contributed by atoms with Crippen LogP contribution in [-0.4, -0.2) is 29.9 Å². The van der Waals surface area contributed by atoms with Crippen molar-refractivity contribution in [3.05, 3.63) is 11.8 Å². The largest absolute Gasteiger partial charge is 0.475 e. The van der Waals surface area contributed by atoms with Crippen LogP contribution in [0.15, 0.2) is 15.6 Å². The molecular formula is C11H15NO3S. The van der Waals surface area contributed by atoms with Crippen LogP contribution in [0.5, 0.6) is 0 Å². The number of aromatic carboxylic acids is 1. The fourth-order valence-electron chi connectivity index (χ4n) is 1.71. The molecular weight excluding hydrogens is 226 g/mol. The molecule has 1 N–H and O–H groups in total. The van der Waals surface area contributed by atoms with Gasteiger partial charge in [-0.25, -0.2) is 4.79 Å². The van der Waals surface area contributed by atoms with Crippen LogP contribution in [0, 0.1) is 5.92 Å². The van der Waals surface area contributed by atoms with E-state index < -0.39 is 5.97 Å². The third kappa shape index (κ3) is 1.91. The highest BCUT2D eigenvalue weighted by atomic mass is 32.2. The Balaban J connectivity index is 2.32. The standard InChI is InChI=1S/C11H15NO3S/c1-6(2)9-5-12(3)7-4-8(10(13)14)15-11(7)16-9/h4,6,9H,5H2,1-3H3,(H,13,14). The Morgan fingerprint density at radius 3 is 2.94 bits per heavy atom. The van der Waals surface area contributed by atoms with Crippen molar-refractivity contribution in [1.29, 1.82) is 0 Å². The summed E-state index contributed by atoms with van der Waals surface area (Å²) in [5, 5.41) is 10.0. The second-order valence-electron chi connectivity index (χ2n) is 4.37. The van der Waals surface area contributed by atoms with E-state index in [-0.39, 0.29) is 5.76 Å². The van der Waals surface area contributed by atoms with Gasteiger partial charge in [0.1, 0.15) is 0 Å². The van der Waals surface area contributed by atoms with Crippen molar-refractivity contribution in [1.82, 2.24) is 0 Å². The number of carboxylic acid groups (broad SMARTS) is 1. The maximum Gasteiger partial charge on any atom is 0.371 e. The molecule has 5 heteroatoms. The number of fused-ring (bicyclic) bond motifs is 1. The lowest BCUT2D eigenvalue weighted by molar-refractivity contribution is 0.0656. The Kier molecular flexibility index (Phi) is 2.88. The van der Waals surface area contributed by atoms with E-state index in [1.165, 1.54) is 0 Å². The molecule has 0 radical (unpaired) electrons. The summed E-state index contributed by atoms with van der Waals surface area (Å²) in [5.74, 6) is -0.447. The van der Waals surface area contributed by atoms with E-state index >= 15 is 0 Å². The highest BCUT2D eigenvalue weighted by Gasteiger charge is 2.29. The van der Waals surface area contributed by atoms with E-state index in [0.29, 0.717) is 11.2 Å². The first-order valence-electron chi connectivity index (χ1n) is 5.24. The van der Waals surface area contributed by atoms with Crippen molar-refractivity contribution in [2.24, 2.45) is 5.92 Å². The van der Waals surface area contributed by atoms with E-state index in [1.807, 2.05) is 7.05 Å². The topological polar surface area (TPSA) is 53.7 Å². The molecule has 88 valence electrons. The number of nitrogens with zero attached hydrogens (tertiary/aromatic N) is 1. The maximum absolute atomic E-state index is 10.8. The maximum atomic E-state index is 10.8. The van der Waals surface area contributed by atoms with Crippen LogP contribution < -0.4 is 4.90 Å². The highest BCUT2D eigenvalue weighted by Crippen LogP contribution is 2.42. The number of thioether (sulfide) groups is 1. The zero-order valence-electron chi connectivity index (χ0n) is 9.56. The Morgan fingerprint density at radius 1 is 1.69 bits per heavy atom. The first-order chi connectivity index (χ1) is 7.49. The van der Waals surface area contributed by atoms with Gasteiger partial charge >= 0.3 is 5.97 Å². The van der Waals surface area contributed by atoms with Crippen LogP contribution in [0.3, 0.4) is 0 Å². The van der Waals surface area contributed by atoms with Gasteiger partial charge in [0.15, 0.2) is 5.09 Å². The van der Waals surface area contributed by atoms with E-state index in [2.05, 4.69) is 18.7 Å². The van der Waals surface area contributed by atoms with Crippen molar-refractivity contribution < 1.29 is 14.3 Å². The molecule has 0 saturated heterocycles. The summed E-state index contributed by atoms with van der Waals surface area (Å²) in [5.41, 5.74) is 0.888. The predicted molar refractivity (Wildman–Crippen MR) is 63.4 cm³/mol. The van der Waals surface area contributed by atoms with Gasteiger partial charge in [-0.3, -0.25) is 0 Å². The van der Waals surface area contributed by atoms with Crippen LogP contribution >= 0.6 is 11.8 Å². The molecule has 2 rings (SSSR count). The molecule has 0 saturated carbocycles. The van der Waals surface area contributed by atoms with Crippen LogP contribution in [-0.2, 0) is 0 Å². The van der Waals surface area contributed by atoms with Gasteiger partial charge in [-0.15, -0.1) is 0 Å². The molecule has 0 aromatic carbocycles. The van der Waals surface area contributed by atoms with Crippen molar-refractivity contribution in [3.63, 3.8) is 0 Å². The van der Waals surface area contributed by atoms with Crippen molar-refractivity contribution in [3.8, 4) is 0 Å². The summed E-state index contributed by atoms with van der Waals surface area (Å²) in [4.78, 5) is 12.9. The second kappa shape index (κ2) is 4.05. The van der Waals surface area contributed by atoms with Crippen LogP contribution in [0.4, 0.5) is 5.69 Å². The molecule has 1 aromatic heterocycles. The molecule has 1 aliphatic rings. The zero-order chi connectivity index (χ0) is 11.9. The normalized spacial score (nSPS) is 20.0. The SMILES string of the molecule is CC(C)C1CN(C)c2cc(C(=O)O)oc2S1. The molecule has 0 spiro atoms. The Hall–Kier alpha value is -1.10. The third-order valence-electron chi connectivity index (χ3n) is 2.76. The molecule has 1 aromatic rings. The van der Waals surface area contributed by atoms with E-state index in [1.54, 1.807) is 17.8 Å². The van der Waals surface area contributed by atoms with E-state index in [4.69, 9.17) is 9.52 Å². The average Bonchev–Trinajstić information content (AvgIpc) is 2.61. The van der Waals surface area contributed by atoms with Crippen molar-refractivity contribution in [2.75, 3.05) is 18.5 Å². The number of hydrogen-bond donors (Lipinski definition) is 1. The minimum absolute atomic E-state index is 0.0220. The summed E-state index contributed by atoms with van der Waals surface area (Å²) in [6, 6.07) is 1.60. The van der Waals surface area contributed by atoms with Gasteiger partial charge in [0.2, 0.25) is 5.76 Å². The van der Waals surface area contributed by atoms with Gasteiger partial charge in [0.05, 0.1) is 5.69 Å². The number of furan rings is 1. The summed E-state index contributed by atoms with van der Waals surface area (Å²) < 4.78 is 5.34. The molecule has 0 amide bonds. The molecule has 2 heterocycles. The molecule has 4 nitrogen and oxygen atoms in total. The van der Waals surface area contributed by atoms with Gasteiger partial charge in [-0.05, 0) is 5.92 Å². The summed E-state index contributed by atoms with van der Waals surface area (Å²) in [7, 11) is 1.97. The fraction of sp³-hybridized carbons (Fsp3) is 0.545. The summed E-state index contributed by atoms with van der Waals surface area (Å²) in [6.07, 6.45) is 0. The van der Waals surface area contributed by atoms with Gasteiger partial charge in [-0.1, -0.05) is 25.6 Å². The summed E-state index contributed by atoms with van der Waals surface area (Å²) in [6.45, 7) is 5.25. The smallest absolute Gasteiger partial charge is 0.371 e. The van der Waals surface area contributed by atoms with E-state index in [9.17, 15) is 4.79 Å². The Morgan fingerprint density at radius 2 is 2.38 bits per heavy atom. The monoisotopic (exact) mass is 241 g/mol. The molecule has 1 unspecified atom stereocenters. The number of carbonyl (C=O) groups is 1. The van der Waals surface area contributed by atoms with Crippen LogP contribution in [0.1, 0.15) is 24.4 Å². The average molecular weight is 241 g/mol. The number of hydrogen-bond acceptors (Lipinski definition) is 4. The number of rotatable bonds is 2. The Bertz CT molecular complexity index is 413. The second-order valence-corrected chi connectivity index (χ2v) is 5.58. The first kappa shape index (κ1) is 11.4. The van der Waals surface area contributed by atoms with Crippen LogP contribution in [0.2, 0.25) is 0 Å². The van der Waals surface area contributed by atoms with E-state index in [0.717, 1.165) is 17.3 Å². The highest BCUT2D eigenvalue weighted by molar-refractivity contribution is 8.00. The van der Waals surface area contributed by atoms with Crippen molar-refractivity contribution in [2.45, 2.75) is 24.2 Å². The molecule has 1 aliphatic heterocycles. The van der Waals surface area contributed by atoms with Crippen LogP contribution in [0.25, 0.3) is 0 Å². The van der Waals surface area contributed by atoms with Gasteiger partial charge in [0, 0.05) is 24.9 Å². The lowest BCUT2D eigenvalue weighted by Crippen LogP contribution is -2.33. The molecule has 1 atom stereocenters. The zero-order valence-corrected chi connectivity index (χ0v) is 10.4. The Labute approximate surface area is 98.6 Å². The molecule has 0 fully saturated rings. The third-order valence-corrected chi connectivity index (χ3v) is 4.26. The summed E-state index contributed by atoms with van der Waals surface area (Å²) >= 11 is 1.64. The predicted octanol–water partition coefficient (Wildman–Crippen LogP) is 2.54. The minimum Gasteiger partial charge on any atom is -0.475 e. The van der Waals surface area contributed by atoms with Crippen molar-refractivity contribution >= 4 is 23.4 Å². The molecule has 0 aliphatic carbocycles. The minimum atomic E-state index is -1.01. The van der Waals surface area contributed by atoms with Gasteiger partial charge in [0.25, 0.3) is 0 Å². The molecule has 16 heavy (non-hydrogen) atoms. The lowest BCUT2D eigenvalue weighted by atomic mass is 10.1. The quantitative estimate of drug-likeness (QED) is 0.862. The van der Waals surface area contributed by atoms with Gasteiger partial charge < -0.3 is 14.4 Å².